The van der Waals surface area contributed by atoms with E-state index in [2.05, 4.69) is 22.6 Å². The van der Waals surface area contributed by atoms with Gasteiger partial charge in [-0.05, 0) is 32.6 Å². The van der Waals surface area contributed by atoms with Gasteiger partial charge in [0.1, 0.15) is 18.6 Å². The largest absolute Gasteiger partial charge is 0.485 e. The van der Waals surface area contributed by atoms with Gasteiger partial charge in [0.05, 0.1) is 17.2 Å². The lowest BCUT2D eigenvalue weighted by Crippen LogP contribution is -2.41. The van der Waals surface area contributed by atoms with Crippen molar-refractivity contribution in [1.29, 1.82) is 0 Å². The lowest BCUT2D eigenvalue weighted by molar-refractivity contribution is -0.121. The van der Waals surface area contributed by atoms with Crippen molar-refractivity contribution in [2.75, 3.05) is 53.9 Å². The van der Waals surface area contributed by atoms with Crippen molar-refractivity contribution in [3.63, 3.8) is 0 Å². The standard InChI is InChI=1S/C16H16N2O6.C6H17N3/c1-17-13(21)6-5-10(9-20)18-15(22)11-3-2-4-12(24-8-7-19)14(11)16(18)23;1-8-4-6-9(2)5-3-7/h2-4,7,9-10H,5-6,8H2,1H3,(H,17,21);8H,3-7H2,1-2H3. The molecule has 11 nitrogen and oxygen atoms in total. The molecule has 11 heteroatoms. The second kappa shape index (κ2) is 14.8. The molecule has 0 aromatic heterocycles. The summed E-state index contributed by atoms with van der Waals surface area (Å²) in [5.41, 5.74) is 5.47. The summed E-state index contributed by atoms with van der Waals surface area (Å²) in [5.74, 6) is -1.49. The number of hydrogen-bond donors (Lipinski definition) is 3. The first-order valence-electron chi connectivity index (χ1n) is 10.6. The fourth-order valence-electron chi connectivity index (χ4n) is 3.11. The Kier molecular flexibility index (Phi) is 12.5. The molecule has 182 valence electrons. The van der Waals surface area contributed by atoms with Crippen LogP contribution >= 0.6 is 0 Å². The molecule has 0 spiro atoms. The lowest BCUT2D eigenvalue weighted by atomic mass is 10.1. The monoisotopic (exact) mass is 463 g/mol. The molecule has 0 radical (unpaired) electrons. The summed E-state index contributed by atoms with van der Waals surface area (Å²) in [7, 11) is 5.48. The van der Waals surface area contributed by atoms with Crippen LogP contribution in [0.1, 0.15) is 33.6 Å². The summed E-state index contributed by atoms with van der Waals surface area (Å²) in [6.45, 7) is 3.60. The van der Waals surface area contributed by atoms with Gasteiger partial charge in [-0.3, -0.25) is 24.1 Å². The van der Waals surface area contributed by atoms with Gasteiger partial charge in [-0.1, -0.05) is 6.07 Å². The van der Waals surface area contributed by atoms with Gasteiger partial charge in [0, 0.05) is 39.6 Å². The first kappa shape index (κ1) is 27.9. The van der Waals surface area contributed by atoms with Gasteiger partial charge in [-0.15, -0.1) is 0 Å². The number of ether oxygens (including phenoxy) is 1. The predicted octanol–water partition coefficient (Wildman–Crippen LogP) is -0.950. The highest BCUT2D eigenvalue weighted by Gasteiger charge is 2.42. The van der Waals surface area contributed by atoms with Crippen LogP contribution in [0.3, 0.4) is 0 Å². The first-order valence-corrected chi connectivity index (χ1v) is 10.6. The molecule has 0 bridgehead atoms. The van der Waals surface area contributed by atoms with Gasteiger partial charge < -0.3 is 30.8 Å². The maximum absolute atomic E-state index is 12.6. The summed E-state index contributed by atoms with van der Waals surface area (Å²) in [4.78, 5) is 61.2. The molecule has 1 unspecified atom stereocenters. The fraction of sp³-hybridized carbons (Fsp3) is 0.500. The molecule has 1 aromatic rings. The van der Waals surface area contributed by atoms with Gasteiger partial charge in [0.25, 0.3) is 11.8 Å². The third kappa shape index (κ3) is 8.04. The van der Waals surface area contributed by atoms with E-state index in [1.54, 1.807) is 0 Å². The lowest BCUT2D eigenvalue weighted by Gasteiger charge is -2.20. The number of nitrogens with two attached hydrogens (primary N) is 1. The van der Waals surface area contributed by atoms with Crippen LogP contribution in [0.4, 0.5) is 0 Å². The Bertz CT molecular complexity index is 831. The Morgan fingerprint density at radius 1 is 1.21 bits per heavy atom. The minimum Gasteiger partial charge on any atom is -0.485 e. The Morgan fingerprint density at radius 3 is 2.52 bits per heavy atom. The number of amides is 3. The summed E-state index contributed by atoms with van der Waals surface area (Å²) in [6.07, 6.45) is 1.02. The van der Waals surface area contributed by atoms with Gasteiger partial charge in [0.15, 0.2) is 6.29 Å². The Labute approximate surface area is 193 Å². The molecule has 1 atom stereocenters. The molecule has 0 fully saturated rings. The zero-order valence-corrected chi connectivity index (χ0v) is 19.3. The number of carbonyl (C=O) groups excluding carboxylic acids is 5. The van der Waals surface area contributed by atoms with E-state index < -0.39 is 17.9 Å². The second-order valence-corrected chi connectivity index (χ2v) is 7.25. The summed E-state index contributed by atoms with van der Waals surface area (Å²) >= 11 is 0. The van der Waals surface area contributed by atoms with E-state index in [1.165, 1.54) is 25.2 Å². The zero-order valence-electron chi connectivity index (χ0n) is 19.3. The summed E-state index contributed by atoms with van der Waals surface area (Å²) < 4.78 is 5.17. The van der Waals surface area contributed by atoms with Gasteiger partial charge in [0.2, 0.25) is 5.91 Å². The molecule has 1 aliphatic heterocycles. The summed E-state index contributed by atoms with van der Waals surface area (Å²) in [6, 6.07) is 3.39. The van der Waals surface area contributed by atoms with Crippen LogP contribution in [0.5, 0.6) is 5.75 Å². The van der Waals surface area contributed by atoms with Crippen LogP contribution in [0.2, 0.25) is 0 Å². The van der Waals surface area contributed by atoms with E-state index in [1.807, 2.05) is 7.05 Å². The second-order valence-electron chi connectivity index (χ2n) is 7.25. The molecule has 0 saturated carbocycles. The molecule has 33 heavy (non-hydrogen) atoms. The van der Waals surface area contributed by atoms with Gasteiger partial charge in [-0.25, -0.2) is 0 Å². The topological polar surface area (TPSA) is 151 Å². The molecular formula is C22H33N5O6. The average molecular weight is 464 g/mol. The van der Waals surface area contributed by atoms with E-state index in [0.29, 0.717) is 12.6 Å². The number of nitrogens with one attached hydrogen (secondary N) is 2. The first-order chi connectivity index (χ1) is 15.9. The highest BCUT2D eigenvalue weighted by atomic mass is 16.5. The van der Waals surface area contributed by atoms with Crippen molar-refractivity contribution < 1.29 is 28.7 Å². The third-order valence-electron chi connectivity index (χ3n) is 4.90. The van der Waals surface area contributed by atoms with Crippen LogP contribution in [-0.4, -0.2) is 100 Å². The average Bonchev–Trinajstić information content (AvgIpc) is 3.08. The highest BCUT2D eigenvalue weighted by Crippen LogP contribution is 2.32. The van der Waals surface area contributed by atoms with E-state index in [4.69, 9.17) is 10.5 Å². The van der Waals surface area contributed by atoms with Crippen molar-refractivity contribution in [2.24, 2.45) is 5.73 Å². The number of aldehydes is 2. The smallest absolute Gasteiger partial charge is 0.265 e. The van der Waals surface area contributed by atoms with Gasteiger partial charge >= 0.3 is 0 Å². The van der Waals surface area contributed by atoms with E-state index in [-0.39, 0.29) is 42.2 Å². The Hall–Kier alpha value is -3.15. The number of benzene rings is 1. The molecule has 0 saturated heterocycles. The third-order valence-corrected chi connectivity index (χ3v) is 4.90. The molecular weight excluding hydrogens is 430 g/mol. The number of hydrogen-bond acceptors (Lipinski definition) is 9. The highest BCUT2D eigenvalue weighted by molar-refractivity contribution is 6.23. The van der Waals surface area contributed by atoms with Crippen LogP contribution in [0.15, 0.2) is 18.2 Å². The van der Waals surface area contributed by atoms with Crippen molar-refractivity contribution >= 4 is 30.3 Å². The Balaban J connectivity index is 0.000000513. The molecule has 2 rings (SSSR count). The molecule has 0 aliphatic carbocycles. The zero-order chi connectivity index (χ0) is 24.8. The number of imide groups is 1. The SMILES string of the molecule is CNC(=O)CCC(C=O)N1C(=O)c2cccc(OCC=O)c2C1=O.CNCCN(C)CCN. The molecule has 4 N–H and O–H groups in total. The molecule has 1 heterocycles. The Morgan fingerprint density at radius 2 is 1.94 bits per heavy atom. The molecule has 1 aromatic carbocycles. The normalized spacial score (nSPS) is 13.2. The maximum Gasteiger partial charge on any atom is 0.265 e. The number of nitrogens with zero attached hydrogens (tertiary/aromatic N) is 2. The number of likely N-dealkylation sites (N-methyl/N-ethyl adjacent to an activating group) is 2. The predicted molar refractivity (Wildman–Crippen MR) is 122 cm³/mol. The number of fused-ring (bicyclic) bond motifs is 1. The minimum atomic E-state index is -1.05. The summed E-state index contributed by atoms with van der Waals surface area (Å²) in [5, 5.41) is 5.49. The van der Waals surface area contributed by atoms with Crippen LogP contribution < -0.4 is 21.1 Å². The quantitative estimate of drug-likeness (QED) is 0.248. The molecule has 3 amide bonds. The van der Waals surface area contributed by atoms with Crippen LogP contribution in [0, 0.1) is 0 Å². The molecule has 1 aliphatic rings. The number of rotatable bonds is 13. The van der Waals surface area contributed by atoms with Crippen molar-refractivity contribution in [3.8, 4) is 5.75 Å². The van der Waals surface area contributed by atoms with Gasteiger partial charge in [-0.2, -0.15) is 0 Å². The fourth-order valence-corrected chi connectivity index (χ4v) is 3.11. The van der Waals surface area contributed by atoms with Crippen molar-refractivity contribution in [1.82, 2.24) is 20.4 Å². The van der Waals surface area contributed by atoms with E-state index in [9.17, 15) is 24.0 Å². The van der Waals surface area contributed by atoms with Crippen LogP contribution in [0.25, 0.3) is 0 Å². The number of carbonyl (C=O) groups is 5. The van der Waals surface area contributed by atoms with E-state index in [0.717, 1.165) is 31.1 Å². The maximum atomic E-state index is 12.6. The minimum absolute atomic E-state index is 0.00180. The van der Waals surface area contributed by atoms with Crippen LogP contribution in [-0.2, 0) is 14.4 Å². The van der Waals surface area contributed by atoms with E-state index >= 15 is 0 Å². The van der Waals surface area contributed by atoms with Crippen molar-refractivity contribution in [3.05, 3.63) is 29.3 Å². The van der Waals surface area contributed by atoms with Crippen molar-refractivity contribution in [2.45, 2.75) is 18.9 Å².